The average Bonchev–Trinajstić information content (AvgIpc) is 2.51. The summed E-state index contributed by atoms with van der Waals surface area (Å²) in [6.07, 6.45) is 0. The number of fused-ring (bicyclic) bond motifs is 1. The van der Waals surface area contributed by atoms with Gasteiger partial charge in [0.15, 0.2) is 0 Å². The first kappa shape index (κ1) is 15.4. The number of ether oxygens (including phenoxy) is 1. The fraction of sp³-hybridized carbons (Fsp3) is 0.176. The predicted molar refractivity (Wildman–Crippen MR) is 89.9 cm³/mol. The summed E-state index contributed by atoms with van der Waals surface area (Å²) < 4.78 is 7.95. The minimum Gasteiger partial charge on any atom is -0.440 e. The second-order valence-electron chi connectivity index (χ2n) is 5.41. The van der Waals surface area contributed by atoms with Crippen molar-refractivity contribution in [3.63, 3.8) is 0 Å². The van der Waals surface area contributed by atoms with E-state index in [4.69, 9.17) is 10.5 Å². The molecule has 0 saturated carbocycles. The van der Waals surface area contributed by atoms with E-state index in [9.17, 15) is 10.1 Å². The lowest BCUT2D eigenvalue weighted by molar-refractivity contribution is 0.389. The molecule has 6 heteroatoms. The molecule has 0 saturated heterocycles. The van der Waals surface area contributed by atoms with Gasteiger partial charge in [-0.3, -0.25) is 4.79 Å². The van der Waals surface area contributed by atoms with Crippen molar-refractivity contribution in [2.75, 3.05) is 0 Å². The number of aromatic nitrogens is 1. The number of nitriles is 1. The summed E-state index contributed by atoms with van der Waals surface area (Å²) in [5, 5.41) is 9.51. The van der Waals surface area contributed by atoms with Gasteiger partial charge in [0.05, 0.1) is 11.5 Å². The molecule has 116 valence electrons. The molecule has 2 aromatic rings. The number of halogens is 1. The van der Waals surface area contributed by atoms with Crippen LogP contribution in [-0.2, 0) is 7.05 Å². The van der Waals surface area contributed by atoms with Gasteiger partial charge in [0.25, 0.3) is 5.56 Å². The SMILES string of the molecule is Cc1cc2c(c(=O)n1C)C(c1cccc(Br)c1)C(C#N)=C(N)O2. The number of allylic oxidation sites excluding steroid dienone is 1. The van der Waals surface area contributed by atoms with Crippen molar-refractivity contribution < 1.29 is 4.74 Å². The molecule has 5 nitrogen and oxygen atoms in total. The lowest BCUT2D eigenvalue weighted by Crippen LogP contribution is -2.31. The van der Waals surface area contributed by atoms with Crippen molar-refractivity contribution in [3.8, 4) is 11.8 Å². The number of rotatable bonds is 1. The van der Waals surface area contributed by atoms with Gasteiger partial charge in [0.2, 0.25) is 5.88 Å². The molecule has 2 N–H and O–H groups in total. The lowest BCUT2D eigenvalue weighted by atomic mass is 9.84. The van der Waals surface area contributed by atoms with Crippen molar-refractivity contribution >= 4 is 15.9 Å². The van der Waals surface area contributed by atoms with E-state index in [0.717, 1.165) is 15.7 Å². The standard InChI is InChI=1S/C17H14BrN3O2/c1-9-6-13-15(17(22)21(9)2)14(12(8-19)16(20)23-13)10-4-3-5-11(18)7-10/h3-7,14H,20H2,1-2H3. The Morgan fingerprint density at radius 2 is 2.13 bits per heavy atom. The molecule has 1 aromatic carbocycles. The number of hydrogen-bond donors (Lipinski definition) is 1. The first-order valence-corrected chi connectivity index (χ1v) is 7.77. The maximum Gasteiger partial charge on any atom is 0.258 e. The van der Waals surface area contributed by atoms with E-state index >= 15 is 0 Å². The molecular weight excluding hydrogens is 358 g/mol. The highest BCUT2D eigenvalue weighted by molar-refractivity contribution is 9.10. The fourth-order valence-corrected chi connectivity index (χ4v) is 3.18. The van der Waals surface area contributed by atoms with Gasteiger partial charge < -0.3 is 15.0 Å². The summed E-state index contributed by atoms with van der Waals surface area (Å²) in [6, 6.07) is 11.3. The summed E-state index contributed by atoms with van der Waals surface area (Å²) in [5.74, 6) is -0.0924. The second kappa shape index (κ2) is 5.60. The second-order valence-corrected chi connectivity index (χ2v) is 6.32. The maximum absolute atomic E-state index is 12.8. The van der Waals surface area contributed by atoms with Crippen molar-refractivity contribution in [1.29, 1.82) is 5.26 Å². The van der Waals surface area contributed by atoms with Crippen LogP contribution < -0.4 is 16.0 Å². The zero-order chi connectivity index (χ0) is 16.7. The number of hydrogen-bond acceptors (Lipinski definition) is 4. The van der Waals surface area contributed by atoms with Crippen LogP contribution in [-0.4, -0.2) is 4.57 Å². The molecule has 2 heterocycles. The van der Waals surface area contributed by atoms with Gasteiger partial charge in [-0.15, -0.1) is 0 Å². The normalized spacial score (nSPS) is 16.5. The van der Waals surface area contributed by atoms with Gasteiger partial charge in [-0.2, -0.15) is 5.26 Å². The van der Waals surface area contributed by atoms with Crippen molar-refractivity contribution in [2.45, 2.75) is 12.8 Å². The quantitative estimate of drug-likeness (QED) is 0.835. The van der Waals surface area contributed by atoms with Gasteiger partial charge in [-0.1, -0.05) is 28.1 Å². The van der Waals surface area contributed by atoms with Gasteiger partial charge >= 0.3 is 0 Å². The Morgan fingerprint density at radius 1 is 1.39 bits per heavy atom. The Labute approximate surface area is 141 Å². The molecular formula is C17H14BrN3O2. The zero-order valence-corrected chi connectivity index (χ0v) is 14.2. The maximum atomic E-state index is 12.8. The summed E-state index contributed by atoms with van der Waals surface area (Å²) >= 11 is 3.43. The van der Waals surface area contributed by atoms with Crippen LogP contribution >= 0.6 is 15.9 Å². The monoisotopic (exact) mass is 371 g/mol. The number of aryl methyl sites for hydroxylation is 1. The van der Waals surface area contributed by atoms with Crippen LogP contribution in [0.1, 0.15) is 22.7 Å². The minimum atomic E-state index is -0.541. The Morgan fingerprint density at radius 3 is 2.78 bits per heavy atom. The van der Waals surface area contributed by atoms with Crippen LogP contribution in [0.5, 0.6) is 5.75 Å². The highest BCUT2D eigenvalue weighted by atomic mass is 79.9. The van der Waals surface area contributed by atoms with Crippen molar-refractivity contribution in [3.05, 3.63) is 73.4 Å². The fourth-order valence-electron chi connectivity index (χ4n) is 2.76. The van der Waals surface area contributed by atoms with Crippen LogP contribution in [0.15, 0.2) is 51.1 Å². The molecule has 1 atom stereocenters. The topological polar surface area (TPSA) is 81.0 Å². The molecule has 0 amide bonds. The summed E-state index contributed by atoms with van der Waals surface area (Å²) in [5.41, 5.74) is 7.98. The van der Waals surface area contributed by atoms with Crippen molar-refractivity contribution in [1.82, 2.24) is 4.57 Å². The van der Waals surface area contributed by atoms with E-state index in [1.165, 1.54) is 0 Å². The van der Waals surface area contributed by atoms with Crippen LogP contribution in [0, 0.1) is 18.3 Å². The van der Waals surface area contributed by atoms with Crippen LogP contribution in [0.4, 0.5) is 0 Å². The lowest BCUT2D eigenvalue weighted by Gasteiger charge is -2.26. The highest BCUT2D eigenvalue weighted by Gasteiger charge is 2.33. The van der Waals surface area contributed by atoms with E-state index in [0.29, 0.717) is 11.3 Å². The van der Waals surface area contributed by atoms with E-state index in [1.54, 1.807) is 17.7 Å². The number of nitrogens with two attached hydrogens (primary N) is 1. The summed E-state index contributed by atoms with van der Waals surface area (Å²) in [4.78, 5) is 12.8. The third kappa shape index (κ3) is 2.43. The molecule has 0 spiro atoms. The van der Waals surface area contributed by atoms with E-state index in [-0.39, 0.29) is 17.0 Å². The molecule has 1 aromatic heterocycles. The molecule has 0 fully saturated rings. The first-order valence-electron chi connectivity index (χ1n) is 6.97. The first-order chi connectivity index (χ1) is 10.9. The van der Waals surface area contributed by atoms with Crippen LogP contribution in [0.25, 0.3) is 0 Å². The van der Waals surface area contributed by atoms with Gasteiger partial charge in [-0.25, -0.2) is 0 Å². The Kier molecular flexibility index (Phi) is 3.74. The van der Waals surface area contributed by atoms with Gasteiger partial charge in [-0.05, 0) is 24.6 Å². The van der Waals surface area contributed by atoms with Gasteiger partial charge in [0, 0.05) is 23.3 Å². The Balaban J connectivity index is 2.36. The molecule has 0 aliphatic carbocycles. The summed E-state index contributed by atoms with van der Waals surface area (Å²) in [6.45, 7) is 1.82. The highest BCUT2D eigenvalue weighted by Crippen LogP contribution is 2.40. The summed E-state index contributed by atoms with van der Waals surface area (Å²) in [7, 11) is 1.70. The molecule has 0 radical (unpaired) electrons. The van der Waals surface area contributed by atoms with E-state index in [1.807, 2.05) is 31.2 Å². The van der Waals surface area contributed by atoms with Crippen LogP contribution in [0.3, 0.4) is 0 Å². The molecule has 23 heavy (non-hydrogen) atoms. The number of pyridine rings is 1. The third-order valence-electron chi connectivity index (χ3n) is 4.03. The molecule has 1 aliphatic rings. The molecule has 3 rings (SSSR count). The van der Waals surface area contributed by atoms with Crippen molar-refractivity contribution in [2.24, 2.45) is 12.8 Å². The Hall–Kier alpha value is -2.52. The smallest absolute Gasteiger partial charge is 0.258 e. The van der Waals surface area contributed by atoms with Gasteiger partial charge in [0.1, 0.15) is 17.4 Å². The molecule has 0 bridgehead atoms. The van der Waals surface area contributed by atoms with E-state index in [2.05, 4.69) is 22.0 Å². The molecule has 1 unspecified atom stereocenters. The average molecular weight is 372 g/mol. The largest absolute Gasteiger partial charge is 0.440 e. The zero-order valence-electron chi connectivity index (χ0n) is 12.6. The molecule has 1 aliphatic heterocycles. The predicted octanol–water partition coefficient (Wildman–Crippen LogP) is 2.67. The van der Waals surface area contributed by atoms with E-state index < -0.39 is 5.92 Å². The third-order valence-corrected chi connectivity index (χ3v) is 4.53. The number of benzene rings is 1. The van der Waals surface area contributed by atoms with Crippen LogP contribution in [0.2, 0.25) is 0 Å². The minimum absolute atomic E-state index is 0.0395. The Bertz CT molecular complexity index is 938. The number of nitrogens with zero attached hydrogens (tertiary/aromatic N) is 2.